The molecule has 3 rings (SSSR count). The number of amides is 4. The summed E-state index contributed by atoms with van der Waals surface area (Å²) in [5.74, 6) is 0.0755. The van der Waals surface area contributed by atoms with E-state index in [4.69, 9.17) is 4.74 Å². The molecule has 1 aromatic rings. The number of aryl methyl sites for hydroxylation is 1. The molecule has 0 bridgehead atoms. The van der Waals surface area contributed by atoms with Crippen molar-refractivity contribution in [3.63, 3.8) is 0 Å². The van der Waals surface area contributed by atoms with Crippen LogP contribution >= 0.6 is 11.8 Å². The molecule has 2 aliphatic rings. The maximum Gasteiger partial charge on any atom is 0.315 e. The van der Waals surface area contributed by atoms with Crippen LogP contribution in [0.1, 0.15) is 90.3 Å². The van der Waals surface area contributed by atoms with Crippen molar-refractivity contribution < 1.29 is 29.0 Å². The number of phenols is 1. The van der Waals surface area contributed by atoms with Crippen molar-refractivity contribution in [3.05, 3.63) is 28.8 Å². The number of hydrogen-bond donors (Lipinski definition) is 5. The average molecular weight is 619 g/mol. The Hall–Kier alpha value is -2.79. The fourth-order valence-electron chi connectivity index (χ4n) is 5.42. The van der Waals surface area contributed by atoms with Crippen LogP contribution in [0.5, 0.6) is 5.75 Å². The van der Waals surface area contributed by atoms with E-state index < -0.39 is 11.7 Å². The molecular formula is C32H50N4O6S. The van der Waals surface area contributed by atoms with Crippen LogP contribution in [-0.4, -0.2) is 78.1 Å². The number of unbranched alkanes of at least 4 members (excludes halogenated alkanes) is 1. The summed E-state index contributed by atoms with van der Waals surface area (Å²) in [5, 5.41) is 22.7. The summed E-state index contributed by atoms with van der Waals surface area (Å²) in [6, 6.07) is 4.20. The highest BCUT2D eigenvalue weighted by molar-refractivity contribution is 8.00. The number of phenolic OH excluding ortho intramolecular Hbond substituents is 1. The monoisotopic (exact) mass is 618 g/mol. The second kappa shape index (κ2) is 15.3. The average Bonchev–Trinajstić information content (AvgIpc) is 3.47. The van der Waals surface area contributed by atoms with Gasteiger partial charge in [0, 0.05) is 36.9 Å². The van der Waals surface area contributed by atoms with Crippen molar-refractivity contribution >= 4 is 35.4 Å². The topological polar surface area (TPSA) is 146 Å². The summed E-state index contributed by atoms with van der Waals surface area (Å²) < 4.78 is 5.48. The third-order valence-corrected chi connectivity index (χ3v) is 9.37. The minimum Gasteiger partial charge on any atom is -0.507 e. The first kappa shape index (κ1) is 34.7. The van der Waals surface area contributed by atoms with Gasteiger partial charge in [-0.1, -0.05) is 60.1 Å². The molecule has 4 amide bonds. The zero-order chi connectivity index (χ0) is 31.8. The summed E-state index contributed by atoms with van der Waals surface area (Å²) in [7, 11) is 0. The lowest BCUT2D eigenvalue weighted by atomic mass is 9.78. The Morgan fingerprint density at radius 3 is 2.21 bits per heavy atom. The first-order valence-electron chi connectivity index (χ1n) is 15.4. The highest BCUT2D eigenvalue weighted by atomic mass is 32.2. The number of ether oxygens (including phenoxy) is 1. The van der Waals surface area contributed by atoms with E-state index in [0.717, 1.165) is 41.7 Å². The lowest BCUT2D eigenvalue weighted by molar-refractivity contribution is -0.138. The summed E-state index contributed by atoms with van der Waals surface area (Å²) in [5.41, 5.74) is 2.05. The van der Waals surface area contributed by atoms with Crippen LogP contribution in [0, 0.1) is 0 Å². The lowest BCUT2D eigenvalue weighted by Gasteiger charge is -2.28. The van der Waals surface area contributed by atoms with E-state index in [1.807, 2.05) is 65.4 Å². The summed E-state index contributed by atoms with van der Waals surface area (Å²) in [6.45, 7) is 13.4. The van der Waals surface area contributed by atoms with E-state index in [0.29, 0.717) is 37.0 Å². The number of nitrogens with one attached hydrogen (secondary N) is 4. The van der Waals surface area contributed by atoms with Gasteiger partial charge in [0.15, 0.2) is 0 Å². The van der Waals surface area contributed by atoms with Crippen LogP contribution in [-0.2, 0) is 36.4 Å². The summed E-state index contributed by atoms with van der Waals surface area (Å²) in [4.78, 5) is 48.3. The van der Waals surface area contributed by atoms with Crippen molar-refractivity contribution in [3.8, 4) is 5.75 Å². The van der Waals surface area contributed by atoms with E-state index in [2.05, 4.69) is 21.3 Å². The minimum atomic E-state index is -0.638. The van der Waals surface area contributed by atoms with Crippen LogP contribution < -0.4 is 21.3 Å². The third kappa shape index (κ3) is 10.4. The van der Waals surface area contributed by atoms with Gasteiger partial charge in [-0.2, -0.15) is 11.8 Å². The molecule has 3 atom stereocenters. The second-order valence-electron chi connectivity index (χ2n) is 13.5. The summed E-state index contributed by atoms with van der Waals surface area (Å²) in [6.07, 6.45) is 3.64. The van der Waals surface area contributed by atoms with Gasteiger partial charge in [0.25, 0.3) is 5.91 Å². The van der Waals surface area contributed by atoms with Crippen molar-refractivity contribution in [1.29, 1.82) is 0 Å². The van der Waals surface area contributed by atoms with E-state index in [-0.39, 0.29) is 54.4 Å². The highest BCUT2D eigenvalue weighted by Crippen LogP contribution is 2.40. The fraction of sp³-hybridized carbons (Fsp3) is 0.688. The van der Waals surface area contributed by atoms with Gasteiger partial charge >= 0.3 is 6.03 Å². The van der Waals surface area contributed by atoms with Crippen molar-refractivity contribution in [2.24, 2.45) is 0 Å². The molecule has 10 nitrogen and oxygen atoms in total. The molecule has 11 heteroatoms. The largest absolute Gasteiger partial charge is 0.507 e. The Balaban J connectivity index is 1.25. The van der Waals surface area contributed by atoms with Crippen molar-refractivity contribution in [2.45, 2.75) is 108 Å². The Morgan fingerprint density at radius 2 is 1.58 bits per heavy atom. The first-order valence-corrected chi connectivity index (χ1v) is 16.4. The van der Waals surface area contributed by atoms with Gasteiger partial charge in [-0.3, -0.25) is 14.4 Å². The normalized spacial score (nSPS) is 19.9. The van der Waals surface area contributed by atoms with Crippen LogP contribution in [0.25, 0.3) is 0 Å². The zero-order valence-electron chi connectivity index (χ0n) is 26.6. The Bertz CT molecular complexity index is 1120. The van der Waals surface area contributed by atoms with Gasteiger partial charge in [-0.05, 0) is 46.8 Å². The Morgan fingerprint density at radius 1 is 0.953 bits per heavy atom. The number of thioether (sulfide) groups is 1. The van der Waals surface area contributed by atoms with Gasteiger partial charge in [-0.25, -0.2) is 4.79 Å². The molecule has 2 saturated heterocycles. The molecule has 0 radical (unpaired) electrons. The first-order chi connectivity index (χ1) is 20.2. The lowest BCUT2D eigenvalue weighted by Crippen LogP contribution is -2.36. The SMILES string of the molecule is CC(C)(C)c1cc(CCC(=O)C(=O)NCCOCCNC(=O)CCCC[C@@H]2SC[C@@H]3NC(=O)N[C@@H]32)cc(C(C)(C)C)c1O. The molecule has 0 unspecified atom stereocenters. The molecule has 0 saturated carbocycles. The smallest absolute Gasteiger partial charge is 0.315 e. The predicted molar refractivity (Wildman–Crippen MR) is 170 cm³/mol. The molecule has 2 heterocycles. The number of aromatic hydroxyl groups is 1. The molecule has 0 aromatic heterocycles. The molecule has 43 heavy (non-hydrogen) atoms. The number of fused-ring (bicyclic) bond motifs is 1. The van der Waals surface area contributed by atoms with Crippen molar-refractivity contribution in [1.82, 2.24) is 21.3 Å². The minimum absolute atomic E-state index is 0.0202. The third-order valence-electron chi connectivity index (χ3n) is 7.86. The fourth-order valence-corrected chi connectivity index (χ4v) is 6.96. The standard InChI is InChI=1S/C32H50N4O6S/c1-31(2,3)21-17-20(18-22(28(21)39)32(4,5)6)11-12-24(37)29(40)34-14-16-42-15-13-33-26(38)10-8-7-9-25-27-23(19-43-25)35-30(41)36-27/h17-18,23,25,27,39H,7-16,19H2,1-6H3,(H,33,38)(H,34,40)(H2,35,36,41)/t23-,25-,27-/m0/s1. The maximum atomic E-state index is 12.5. The molecule has 0 aliphatic carbocycles. The molecule has 2 fully saturated rings. The van der Waals surface area contributed by atoms with Gasteiger partial charge in [0.2, 0.25) is 11.7 Å². The second-order valence-corrected chi connectivity index (χ2v) is 14.8. The Kier molecular flexibility index (Phi) is 12.3. The van der Waals surface area contributed by atoms with E-state index >= 15 is 0 Å². The number of carbonyl (C=O) groups excluding carboxylic acids is 4. The van der Waals surface area contributed by atoms with Gasteiger partial charge in [0.1, 0.15) is 5.75 Å². The number of benzene rings is 1. The number of urea groups is 1. The predicted octanol–water partition coefficient (Wildman–Crippen LogP) is 3.46. The summed E-state index contributed by atoms with van der Waals surface area (Å²) >= 11 is 1.88. The number of rotatable bonds is 15. The van der Waals surface area contributed by atoms with Gasteiger partial charge in [-0.15, -0.1) is 0 Å². The van der Waals surface area contributed by atoms with Crippen molar-refractivity contribution in [2.75, 3.05) is 32.1 Å². The molecule has 0 spiro atoms. The van der Waals surface area contributed by atoms with Crippen LogP contribution in [0.3, 0.4) is 0 Å². The zero-order valence-corrected chi connectivity index (χ0v) is 27.4. The Labute approximate surface area is 260 Å². The molecule has 1 aromatic carbocycles. The van der Waals surface area contributed by atoms with E-state index in [1.165, 1.54) is 0 Å². The molecule has 240 valence electrons. The van der Waals surface area contributed by atoms with Gasteiger partial charge in [0.05, 0.1) is 25.3 Å². The number of Topliss-reactive ketones (excluding diaryl/α,β-unsaturated/α-hetero) is 1. The number of carbonyl (C=O) groups is 4. The molecule has 5 N–H and O–H groups in total. The highest BCUT2D eigenvalue weighted by Gasteiger charge is 2.42. The number of ketones is 1. The van der Waals surface area contributed by atoms with Crippen LogP contribution in [0.2, 0.25) is 0 Å². The molecule has 2 aliphatic heterocycles. The van der Waals surface area contributed by atoms with E-state index in [9.17, 15) is 24.3 Å². The maximum absolute atomic E-state index is 12.5. The number of hydrogen-bond acceptors (Lipinski definition) is 7. The van der Waals surface area contributed by atoms with E-state index in [1.54, 1.807) is 0 Å². The molecular weight excluding hydrogens is 568 g/mol. The quantitative estimate of drug-likeness (QED) is 0.115. The van der Waals surface area contributed by atoms with Crippen LogP contribution in [0.15, 0.2) is 12.1 Å². The van der Waals surface area contributed by atoms with Crippen LogP contribution in [0.4, 0.5) is 4.79 Å². The van der Waals surface area contributed by atoms with Gasteiger partial charge < -0.3 is 31.1 Å².